The Kier molecular flexibility index (Phi) is 8.44. The molecule has 0 aliphatic carbocycles. The summed E-state index contributed by atoms with van der Waals surface area (Å²) in [6, 6.07) is 8.82. The summed E-state index contributed by atoms with van der Waals surface area (Å²) in [6.07, 6.45) is 3.02. The van der Waals surface area contributed by atoms with Gasteiger partial charge in [0.2, 0.25) is 0 Å². The molecule has 0 amide bonds. The van der Waals surface area contributed by atoms with Crippen LogP contribution in [-0.4, -0.2) is 23.8 Å². The Morgan fingerprint density at radius 3 is 2.41 bits per heavy atom. The maximum Gasteiger partial charge on any atom is 0.323 e. The fourth-order valence-electron chi connectivity index (χ4n) is 2.27. The van der Waals surface area contributed by atoms with Gasteiger partial charge in [-0.3, -0.25) is 14.9 Å². The molecule has 0 radical (unpaired) electrons. The molecule has 0 heterocycles. The molecule has 0 aromatic heterocycles. The van der Waals surface area contributed by atoms with E-state index >= 15 is 0 Å². The van der Waals surface area contributed by atoms with Crippen molar-refractivity contribution in [3.8, 4) is 0 Å². The Hall–Kier alpha value is -1.68. The maximum atomic E-state index is 12.1. The second-order valence-electron chi connectivity index (χ2n) is 5.54. The number of ether oxygens (including phenoxy) is 1. The molecule has 1 rings (SSSR count). The molecule has 4 nitrogen and oxygen atoms in total. The van der Waals surface area contributed by atoms with Gasteiger partial charge in [0, 0.05) is 6.42 Å². The van der Waals surface area contributed by atoms with Crippen molar-refractivity contribution in [3.63, 3.8) is 0 Å². The van der Waals surface area contributed by atoms with Crippen LogP contribution in [0.3, 0.4) is 0 Å². The van der Waals surface area contributed by atoms with Crippen molar-refractivity contribution in [1.82, 2.24) is 5.32 Å². The van der Waals surface area contributed by atoms with Crippen LogP contribution in [0.15, 0.2) is 30.3 Å². The highest BCUT2D eigenvalue weighted by molar-refractivity contribution is 5.85. The summed E-state index contributed by atoms with van der Waals surface area (Å²) < 4.78 is 5.30. The van der Waals surface area contributed by atoms with Gasteiger partial charge in [-0.15, -0.1) is 0 Å². The summed E-state index contributed by atoms with van der Waals surface area (Å²) in [5.41, 5.74) is 0.954. The minimum absolute atomic E-state index is 0.173. The summed E-state index contributed by atoms with van der Waals surface area (Å²) in [6.45, 7) is 6.02. The second kappa shape index (κ2) is 10.1. The number of hydrogen-bond acceptors (Lipinski definition) is 4. The third kappa shape index (κ3) is 6.39. The van der Waals surface area contributed by atoms with E-state index in [1.807, 2.05) is 44.2 Å². The first-order valence-electron chi connectivity index (χ1n) is 8.07. The number of nitrogens with one attached hydrogen (secondary N) is 1. The Morgan fingerprint density at radius 1 is 1.14 bits per heavy atom. The summed E-state index contributed by atoms with van der Waals surface area (Å²) in [4.78, 5) is 24.1. The van der Waals surface area contributed by atoms with E-state index in [4.69, 9.17) is 4.74 Å². The highest BCUT2D eigenvalue weighted by atomic mass is 16.5. The van der Waals surface area contributed by atoms with E-state index in [2.05, 4.69) is 5.32 Å². The Bertz CT molecular complexity index is 459. The molecule has 0 fully saturated rings. The molecule has 22 heavy (non-hydrogen) atoms. The lowest BCUT2D eigenvalue weighted by atomic mass is 10.0. The van der Waals surface area contributed by atoms with Crippen molar-refractivity contribution in [3.05, 3.63) is 35.9 Å². The molecule has 4 heteroatoms. The van der Waals surface area contributed by atoms with E-state index in [-0.39, 0.29) is 24.4 Å². The zero-order valence-corrected chi connectivity index (χ0v) is 13.8. The fraction of sp³-hybridized carbons (Fsp3) is 0.556. The van der Waals surface area contributed by atoms with Gasteiger partial charge in [0.05, 0.1) is 6.04 Å². The standard InChI is InChI=1S/C18H27NO3/c1-4-9-16(17(20)10-5-2)19-14(3)18(21)22-13-15-11-7-6-8-12-15/h6-8,11-12,14,16,19H,4-5,9-10,13H2,1-3H3/t14-,16-/m1/s1. The number of esters is 1. The van der Waals surface area contributed by atoms with Gasteiger partial charge in [-0.25, -0.2) is 0 Å². The van der Waals surface area contributed by atoms with Gasteiger partial charge in [-0.1, -0.05) is 50.6 Å². The van der Waals surface area contributed by atoms with Gasteiger partial charge in [0.1, 0.15) is 18.4 Å². The molecule has 0 aliphatic rings. The lowest BCUT2D eigenvalue weighted by molar-refractivity contribution is -0.147. The zero-order valence-electron chi connectivity index (χ0n) is 13.8. The minimum atomic E-state index is -0.485. The largest absolute Gasteiger partial charge is 0.460 e. The van der Waals surface area contributed by atoms with Crippen molar-refractivity contribution >= 4 is 11.8 Å². The SMILES string of the molecule is CCCC(=O)[C@@H](CCC)N[C@H](C)C(=O)OCc1ccccc1. The van der Waals surface area contributed by atoms with Crippen molar-refractivity contribution in [2.24, 2.45) is 0 Å². The van der Waals surface area contributed by atoms with Crippen LogP contribution < -0.4 is 5.32 Å². The number of ketones is 1. The van der Waals surface area contributed by atoms with E-state index in [0.717, 1.165) is 24.8 Å². The molecule has 1 aromatic carbocycles. The summed E-state index contributed by atoms with van der Waals surface area (Å²) in [5, 5.41) is 3.11. The molecule has 1 N–H and O–H groups in total. The van der Waals surface area contributed by atoms with Crippen LogP contribution in [0, 0.1) is 0 Å². The molecule has 2 atom stereocenters. The normalized spacial score (nSPS) is 13.4. The first-order valence-corrected chi connectivity index (χ1v) is 8.07. The van der Waals surface area contributed by atoms with Crippen LogP contribution in [0.2, 0.25) is 0 Å². The van der Waals surface area contributed by atoms with Gasteiger partial charge in [0.15, 0.2) is 0 Å². The predicted octanol–water partition coefficient (Wildman–Crippen LogP) is 3.25. The number of rotatable bonds is 10. The van der Waals surface area contributed by atoms with Gasteiger partial charge < -0.3 is 4.74 Å². The van der Waals surface area contributed by atoms with Gasteiger partial charge in [-0.05, 0) is 25.3 Å². The number of carbonyl (C=O) groups excluding carboxylic acids is 2. The monoisotopic (exact) mass is 305 g/mol. The van der Waals surface area contributed by atoms with Crippen molar-refractivity contribution in [2.45, 2.75) is 65.1 Å². The van der Waals surface area contributed by atoms with Gasteiger partial charge in [-0.2, -0.15) is 0 Å². The van der Waals surface area contributed by atoms with E-state index in [9.17, 15) is 9.59 Å². The molecular weight excluding hydrogens is 278 g/mol. The van der Waals surface area contributed by atoms with E-state index < -0.39 is 6.04 Å². The minimum Gasteiger partial charge on any atom is -0.460 e. The molecule has 0 saturated carbocycles. The number of Topliss-reactive ketones (excluding diaryl/α,β-unsaturated/α-hetero) is 1. The third-order valence-electron chi connectivity index (χ3n) is 3.49. The molecule has 0 bridgehead atoms. The molecule has 1 aromatic rings. The first kappa shape index (κ1) is 18.4. The Morgan fingerprint density at radius 2 is 1.82 bits per heavy atom. The molecule has 0 spiro atoms. The van der Waals surface area contributed by atoms with Crippen molar-refractivity contribution in [1.29, 1.82) is 0 Å². The number of hydrogen-bond donors (Lipinski definition) is 1. The average Bonchev–Trinajstić information content (AvgIpc) is 2.53. The van der Waals surface area contributed by atoms with Crippen LogP contribution in [0.5, 0.6) is 0 Å². The zero-order chi connectivity index (χ0) is 16.4. The van der Waals surface area contributed by atoms with Crippen LogP contribution in [0.4, 0.5) is 0 Å². The van der Waals surface area contributed by atoms with E-state index in [1.54, 1.807) is 6.92 Å². The lowest BCUT2D eigenvalue weighted by Crippen LogP contribution is -2.46. The average molecular weight is 305 g/mol. The summed E-state index contributed by atoms with van der Waals surface area (Å²) in [7, 11) is 0. The summed E-state index contributed by atoms with van der Waals surface area (Å²) >= 11 is 0. The lowest BCUT2D eigenvalue weighted by Gasteiger charge is -2.21. The quantitative estimate of drug-likeness (QED) is 0.674. The molecule has 0 unspecified atom stereocenters. The predicted molar refractivity (Wildman–Crippen MR) is 87.4 cm³/mol. The second-order valence-corrected chi connectivity index (χ2v) is 5.54. The maximum absolute atomic E-state index is 12.1. The fourth-order valence-corrected chi connectivity index (χ4v) is 2.27. The summed E-state index contributed by atoms with van der Waals surface area (Å²) in [5.74, 6) is -0.152. The van der Waals surface area contributed by atoms with Crippen molar-refractivity contribution < 1.29 is 14.3 Å². The topological polar surface area (TPSA) is 55.4 Å². The van der Waals surface area contributed by atoms with Crippen LogP contribution >= 0.6 is 0 Å². The highest BCUT2D eigenvalue weighted by Crippen LogP contribution is 2.06. The molecular formula is C18H27NO3. The van der Waals surface area contributed by atoms with Gasteiger partial charge in [0.25, 0.3) is 0 Å². The van der Waals surface area contributed by atoms with E-state index in [1.165, 1.54) is 0 Å². The number of benzene rings is 1. The molecule has 122 valence electrons. The Balaban J connectivity index is 2.48. The molecule has 0 aliphatic heterocycles. The Labute approximate surface area is 133 Å². The van der Waals surface area contributed by atoms with Gasteiger partial charge >= 0.3 is 5.97 Å². The molecule has 0 saturated heterocycles. The van der Waals surface area contributed by atoms with Crippen LogP contribution in [0.1, 0.15) is 52.0 Å². The highest BCUT2D eigenvalue weighted by Gasteiger charge is 2.23. The third-order valence-corrected chi connectivity index (χ3v) is 3.49. The van der Waals surface area contributed by atoms with Crippen LogP contribution in [-0.2, 0) is 20.9 Å². The van der Waals surface area contributed by atoms with Crippen molar-refractivity contribution in [2.75, 3.05) is 0 Å². The smallest absolute Gasteiger partial charge is 0.323 e. The van der Waals surface area contributed by atoms with E-state index in [0.29, 0.717) is 6.42 Å². The first-order chi connectivity index (χ1) is 10.6. The van der Waals surface area contributed by atoms with Crippen LogP contribution in [0.25, 0.3) is 0 Å². The number of carbonyl (C=O) groups is 2.